The summed E-state index contributed by atoms with van der Waals surface area (Å²) < 4.78 is 4.41. The predicted octanol–water partition coefficient (Wildman–Crippen LogP) is 0.580. The first-order valence-electron chi connectivity index (χ1n) is 3.02. The predicted molar refractivity (Wildman–Crippen MR) is 37.6 cm³/mol. The molecule has 0 N–H and O–H groups in total. The Bertz CT molecular complexity index is 160. The molecular formula is C6H8O3S. The highest BCUT2D eigenvalue weighted by molar-refractivity contribution is 8.01. The summed E-state index contributed by atoms with van der Waals surface area (Å²) in [7, 11) is 0. The first-order chi connectivity index (χ1) is 4.61. The number of carbonyl (C=O) groups excluding carboxylic acids is 2. The molecule has 1 aliphatic heterocycles. The second kappa shape index (κ2) is 2.62. The van der Waals surface area contributed by atoms with Gasteiger partial charge in [-0.3, -0.25) is 9.59 Å². The lowest BCUT2D eigenvalue weighted by Crippen LogP contribution is -2.33. The molecular weight excluding hydrogens is 152 g/mol. The first-order valence-corrected chi connectivity index (χ1v) is 3.96. The van der Waals surface area contributed by atoms with Crippen LogP contribution in [0.15, 0.2) is 0 Å². The molecule has 3 nitrogen and oxygen atoms in total. The number of cyclic esters (lactones) is 2. The van der Waals surface area contributed by atoms with Crippen LogP contribution in [0.5, 0.6) is 0 Å². The highest BCUT2D eigenvalue weighted by Crippen LogP contribution is 2.24. The number of rotatable bonds is 0. The summed E-state index contributed by atoms with van der Waals surface area (Å²) in [5.41, 5.74) is 0. The summed E-state index contributed by atoms with van der Waals surface area (Å²) in [4.78, 5) is 21.4. The monoisotopic (exact) mass is 160 g/mol. The number of hydrogen-bond acceptors (Lipinski definition) is 4. The van der Waals surface area contributed by atoms with E-state index in [9.17, 15) is 9.59 Å². The molecule has 0 aromatic heterocycles. The normalized spacial score (nSPS) is 33.8. The third kappa shape index (κ3) is 1.31. The van der Waals surface area contributed by atoms with Gasteiger partial charge in [-0.15, -0.1) is 11.8 Å². The Balaban J connectivity index is 2.63. The van der Waals surface area contributed by atoms with Crippen molar-refractivity contribution >= 4 is 23.7 Å². The fourth-order valence-corrected chi connectivity index (χ4v) is 1.61. The van der Waals surface area contributed by atoms with Gasteiger partial charge in [-0.2, -0.15) is 0 Å². The Hall–Kier alpha value is -0.510. The second-order valence-corrected chi connectivity index (χ2v) is 3.85. The van der Waals surface area contributed by atoms with E-state index < -0.39 is 11.9 Å². The summed E-state index contributed by atoms with van der Waals surface area (Å²) in [5, 5.41) is -0.402. The Kier molecular flexibility index (Phi) is 1.99. The van der Waals surface area contributed by atoms with E-state index in [2.05, 4.69) is 4.74 Å². The van der Waals surface area contributed by atoms with Crippen molar-refractivity contribution in [3.63, 3.8) is 0 Å². The molecule has 1 saturated heterocycles. The summed E-state index contributed by atoms with van der Waals surface area (Å²) in [5.74, 6) is -0.846. The van der Waals surface area contributed by atoms with Gasteiger partial charge in [0.05, 0.1) is 0 Å². The lowest BCUT2D eigenvalue weighted by Gasteiger charge is -2.20. The van der Waals surface area contributed by atoms with Crippen molar-refractivity contribution in [2.45, 2.75) is 24.3 Å². The van der Waals surface area contributed by atoms with Crippen molar-refractivity contribution < 1.29 is 14.3 Å². The molecule has 1 fully saturated rings. The highest BCUT2D eigenvalue weighted by atomic mass is 32.2. The van der Waals surface area contributed by atoms with E-state index in [1.165, 1.54) is 11.8 Å². The van der Waals surface area contributed by atoms with Gasteiger partial charge in [0.25, 0.3) is 0 Å². The lowest BCUT2D eigenvalue weighted by molar-refractivity contribution is -0.159. The largest absolute Gasteiger partial charge is 0.392 e. The molecule has 4 heteroatoms. The van der Waals surface area contributed by atoms with Crippen LogP contribution >= 0.6 is 11.8 Å². The van der Waals surface area contributed by atoms with Gasteiger partial charge in [-0.1, -0.05) is 0 Å². The topological polar surface area (TPSA) is 43.4 Å². The molecule has 1 aliphatic rings. The fraction of sp³-hybridized carbons (Fsp3) is 0.667. The molecule has 0 aliphatic carbocycles. The van der Waals surface area contributed by atoms with E-state index in [-0.39, 0.29) is 10.5 Å². The smallest absolute Gasteiger partial charge is 0.326 e. The summed E-state index contributed by atoms with van der Waals surface area (Å²) >= 11 is 1.33. The maximum atomic E-state index is 10.7. The maximum Gasteiger partial charge on any atom is 0.326 e. The van der Waals surface area contributed by atoms with Crippen LogP contribution in [0.25, 0.3) is 0 Å². The minimum atomic E-state index is -0.423. The lowest BCUT2D eigenvalue weighted by atomic mass is 10.4. The molecule has 0 bridgehead atoms. The van der Waals surface area contributed by atoms with Crippen LogP contribution in [0.1, 0.15) is 13.8 Å². The molecule has 0 spiro atoms. The van der Waals surface area contributed by atoms with E-state index in [0.29, 0.717) is 0 Å². The highest BCUT2D eigenvalue weighted by Gasteiger charge is 2.31. The van der Waals surface area contributed by atoms with Crippen LogP contribution < -0.4 is 0 Å². The zero-order valence-electron chi connectivity index (χ0n) is 5.79. The summed E-state index contributed by atoms with van der Waals surface area (Å²) in [6.07, 6.45) is 0. The first kappa shape index (κ1) is 7.60. The zero-order valence-corrected chi connectivity index (χ0v) is 6.60. The van der Waals surface area contributed by atoms with Crippen LogP contribution in [0, 0.1) is 0 Å². The molecule has 1 heterocycles. The van der Waals surface area contributed by atoms with Crippen LogP contribution in [-0.2, 0) is 14.3 Å². The minimum absolute atomic E-state index is 0.201. The van der Waals surface area contributed by atoms with Crippen molar-refractivity contribution in [1.29, 1.82) is 0 Å². The van der Waals surface area contributed by atoms with Crippen molar-refractivity contribution in [3.05, 3.63) is 0 Å². The third-order valence-corrected chi connectivity index (χ3v) is 2.47. The van der Waals surface area contributed by atoms with Gasteiger partial charge in [0.15, 0.2) is 0 Å². The number of ether oxygens (including phenoxy) is 1. The number of esters is 2. The quantitative estimate of drug-likeness (QED) is 0.384. The van der Waals surface area contributed by atoms with Crippen molar-refractivity contribution in [2.24, 2.45) is 0 Å². The average molecular weight is 160 g/mol. The number of hydrogen-bond donors (Lipinski definition) is 0. The molecule has 56 valence electrons. The molecule has 1 rings (SSSR count). The molecule has 0 amide bonds. The van der Waals surface area contributed by atoms with Gasteiger partial charge in [-0.05, 0) is 13.8 Å². The van der Waals surface area contributed by atoms with Crippen LogP contribution in [0.3, 0.4) is 0 Å². The summed E-state index contributed by atoms with van der Waals surface area (Å²) in [6.45, 7) is 3.46. The summed E-state index contributed by atoms with van der Waals surface area (Å²) in [6, 6.07) is 0. The van der Waals surface area contributed by atoms with Gasteiger partial charge in [-0.25, -0.2) is 0 Å². The van der Waals surface area contributed by atoms with E-state index in [1.54, 1.807) is 13.8 Å². The van der Waals surface area contributed by atoms with E-state index in [1.807, 2.05) is 0 Å². The van der Waals surface area contributed by atoms with Crippen LogP contribution in [0.4, 0.5) is 0 Å². The van der Waals surface area contributed by atoms with Gasteiger partial charge in [0.1, 0.15) is 10.5 Å². The minimum Gasteiger partial charge on any atom is -0.392 e. The SMILES string of the molecule is C[C@@H]1S[C@H](C)C(=O)OC1=O. The van der Waals surface area contributed by atoms with Gasteiger partial charge in [0.2, 0.25) is 0 Å². The number of carbonyl (C=O) groups is 2. The van der Waals surface area contributed by atoms with Crippen molar-refractivity contribution in [2.75, 3.05) is 0 Å². The Labute approximate surface area is 63.1 Å². The van der Waals surface area contributed by atoms with Crippen LogP contribution in [-0.4, -0.2) is 22.4 Å². The Morgan fingerprint density at radius 2 is 1.60 bits per heavy atom. The van der Waals surface area contributed by atoms with Gasteiger partial charge in [0, 0.05) is 0 Å². The zero-order chi connectivity index (χ0) is 7.72. The maximum absolute atomic E-state index is 10.7. The van der Waals surface area contributed by atoms with Gasteiger partial charge >= 0.3 is 11.9 Å². The standard InChI is InChI=1S/C6H8O3S/c1-3-5(7)9-6(8)4(2)10-3/h3-4H,1-2H3/t3-,4+. The van der Waals surface area contributed by atoms with Crippen molar-refractivity contribution in [1.82, 2.24) is 0 Å². The molecule has 10 heavy (non-hydrogen) atoms. The molecule has 0 radical (unpaired) electrons. The van der Waals surface area contributed by atoms with Crippen molar-refractivity contribution in [3.8, 4) is 0 Å². The number of thioether (sulfide) groups is 1. The molecule has 0 aromatic carbocycles. The van der Waals surface area contributed by atoms with E-state index >= 15 is 0 Å². The van der Waals surface area contributed by atoms with Crippen LogP contribution in [0.2, 0.25) is 0 Å². The molecule has 0 aromatic rings. The second-order valence-electron chi connectivity index (χ2n) is 2.16. The molecule has 0 saturated carbocycles. The molecule has 2 atom stereocenters. The Morgan fingerprint density at radius 1 is 1.20 bits per heavy atom. The van der Waals surface area contributed by atoms with E-state index in [4.69, 9.17) is 0 Å². The average Bonchev–Trinajstić information content (AvgIpc) is 1.84. The van der Waals surface area contributed by atoms with E-state index in [0.717, 1.165) is 0 Å². The molecule has 0 unspecified atom stereocenters. The fourth-order valence-electron chi connectivity index (χ4n) is 0.682. The van der Waals surface area contributed by atoms with Gasteiger partial charge < -0.3 is 4.74 Å². The third-order valence-electron chi connectivity index (χ3n) is 1.27. The Morgan fingerprint density at radius 3 is 1.90 bits per heavy atom.